The second-order valence-corrected chi connectivity index (χ2v) is 6.58. The number of aromatic nitrogens is 2. The molecular formula is C16H14N4O4S. The summed E-state index contributed by atoms with van der Waals surface area (Å²) >= 11 is 0. The van der Waals surface area contributed by atoms with E-state index in [2.05, 4.69) is 14.7 Å². The third-order valence-corrected chi connectivity index (χ3v) is 4.45. The van der Waals surface area contributed by atoms with Gasteiger partial charge in [0.05, 0.1) is 5.56 Å². The van der Waals surface area contributed by atoms with E-state index in [1.54, 1.807) is 36.4 Å². The van der Waals surface area contributed by atoms with Crippen LogP contribution in [0.2, 0.25) is 0 Å². The summed E-state index contributed by atoms with van der Waals surface area (Å²) in [4.78, 5) is 17.6. The number of carbonyl (C=O) groups is 1. The maximum atomic E-state index is 12.1. The summed E-state index contributed by atoms with van der Waals surface area (Å²) in [7, 11) is -3.78. The molecular weight excluding hydrogens is 344 g/mol. The van der Waals surface area contributed by atoms with Crippen LogP contribution in [0.25, 0.3) is 0 Å². The van der Waals surface area contributed by atoms with Crippen molar-refractivity contribution in [2.24, 2.45) is 5.73 Å². The minimum atomic E-state index is -3.78. The molecule has 4 N–H and O–H groups in total. The van der Waals surface area contributed by atoms with E-state index in [0.717, 1.165) is 0 Å². The molecule has 9 heteroatoms. The molecule has 1 amide bonds. The molecule has 3 aromatic rings. The standard InChI is InChI=1S/C16H14N4O4S/c17-15(21)13-3-1-2-4-14(13)24-12-7-5-11(6-8-12)20-25(22,23)16-18-9-10-19-16/h1-10,20H,(H2,17,21)(H,18,19). The van der Waals surface area contributed by atoms with Crippen molar-refractivity contribution in [3.63, 3.8) is 0 Å². The molecule has 0 saturated carbocycles. The number of nitrogens with zero attached hydrogens (tertiary/aromatic N) is 1. The molecule has 1 aromatic heterocycles. The van der Waals surface area contributed by atoms with E-state index in [-0.39, 0.29) is 10.7 Å². The van der Waals surface area contributed by atoms with E-state index < -0.39 is 15.9 Å². The first kappa shape index (κ1) is 16.5. The first-order chi connectivity index (χ1) is 12.0. The van der Waals surface area contributed by atoms with Crippen LogP contribution in [0.4, 0.5) is 5.69 Å². The van der Waals surface area contributed by atoms with Crippen LogP contribution in [0.5, 0.6) is 11.5 Å². The minimum Gasteiger partial charge on any atom is -0.457 e. The lowest BCUT2D eigenvalue weighted by atomic mass is 10.2. The van der Waals surface area contributed by atoms with Crippen molar-refractivity contribution in [3.8, 4) is 11.5 Å². The van der Waals surface area contributed by atoms with Gasteiger partial charge in [-0.25, -0.2) is 4.98 Å². The van der Waals surface area contributed by atoms with Crippen LogP contribution in [0, 0.1) is 0 Å². The SMILES string of the molecule is NC(=O)c1ccccc1Oc1ccc(NS(=O)(=O)c2ncc[nH]2)cc1. The average molecular weight is 358 g/mol. The molecule has 0 bridgehead atoms. The summed E-state index contributed by atoms with van der Waals surface area (Å²) in [5.74, 6) is 0.145. The van der Waals surface area contributed by atoms with Crippen molar-refractivity contribution in [1.82, 2.24) is 9.97 Å². The third-order valence-electron chi connectivity index (χ3n) is 3.21. The topological polar surface area (TPSA) is 127 Å². The van der Waals surface area contributed by atoms with Gasteiger partial charge in [-0.15, -0.1) is 0 Å². The lowest BCUT2D eigenvalue weighted by molar-refractivity contribution is 0.0998. The van der Waals surface area contributed by atoms with E-state index >= 15 is 0 Å². The highest BCUT2D eigenvalue weighted by molar-refractivity contribution is 7.92. The van der Waals surface area contributed by atoms with Gasteiger partial charge in [0.15, 0.2) is 0 Å². The van der Waals surface area contributed by atoms with Crippen LogP contribution in [0.15, 0.2) is 66.1 Å². The fourth-order valence-electron chi connectivity index (χ4n) is 2.08. The van der Waals surface area contributed by atoms with Gasteiger partial charge in [0.2, 0.25) is 5.16 Å². The van der Waals surface area contributed by atoms with Crippen molar-refractivity contribution < 1.29 is 17.9 Å². The molecule has 0 saturated heterocycles. The number of H-pyrrole nitrogens is 1. The van der Waals surface area contributed by atoms with E-state index in [1.165, 1.54) is 24.5 Å². The maximum absolute atomic E-state index is 12.1. The number of rotatable bonds is 6. The van der Waals surface area contributed by atoms with Crippen molar-refractivity contribution in [1.29, 1.82) is 0 Å². The number of hydrogen-bond donors (Lipinski definition) is 3. The number of nitrogens with one attached hydrogen (secondary N) is 2. The van der Waals surface area contributed by atoms with Crippen LogP contribution in [-0.2, 0) is 10.0 Å². The largest absolute Gasteiger partial charge is 0.457 e. The Morgan fingerprint density at radius 2 is 1.84 bits per heavy atom. The van der Waals surface area contributed by atoms with Crippen molar-refractivity contribution >= 4 is 21.6 Å². The molecule has 0 aliphatic heterocycles. The first-order valence-corrected chi connectivity index (χ1v) is 8.63. The normalized spacial score (nSPS) is 11.0. The van der Waals surface area contributed by atoms with Gasteiger partial charge in [-0.1, -0.05) is 12.1 Å². The zero-order chi connectivity index (χ0) is 17.9. The van der Waals surface area contributed by atoms with Crippen LogP contribution in [0.1, 0.15) is 10.4 Å². The number of ether oxygens (including phenoxy) is 1. The molecule has 2 aromatic carbocycles. The molecule has 0 atom stereocenters. The molecule has 0 fully saturated rings. The van der Waals surface area contributed by atoms with E-state index in [1.807, 2.05) is 0 Å². The smallest absolute Gasteiger partial charge is 0.295 e. The highest BCUT2D eigenvalue weighted by atomic mass is 32.2. The fourth-order valence-corrected chi connectivity index (χ4v) is 3.04. The number of aromatic amines is 1. The summed E-state index contributed by atoms with van der Waals surface area (Å²) in [6, 6.07) is 12.8. The number of benzene rings is 2. The zero-order valence-electron chi connectivity index (χ0n) is 12.8. The fraction of sp³-hybridized carbons (Fsp3) is 0. The number of hydrogen-bond acceptors (Lipinski definition) is 5. The lowest BCUT2D eigenvalue weighted by Gasteiger charge is -2.10. The van der Waals surface area contributed by atoms with Gasteiger partial charge >= 0.3 is 0 Å². The Bertz CT molecular complexity index is 983. The zero-order valence-corrected chi connectivity index (χ0v) is 13.7. The number of sulfonamides is 1. The summed E-state index contributed by atoms with van der Waals surface area (Å²) in [5, 5.41) is -0.178. The summed E-state index contributed by atoms with van der Waals surface area (Å²) in [6.45, 7) is 0. The molecule has 25 heavy (non-hydrogen) atoms. The molecule has 3 rings (SSSR count). The number of para-hydroxylation sites is 1. The Morgan fingerprint density at radius 1 is 1.12 bits per heavy atom. The molecule has 0 aliphatic rings. The minimum absolute atomic E-state index is 0.178. The lowest BCUT2D eigenvalue weighted by Crippen LogP contribution is -2.14. The molecule has 0 radical (unpaired) electrons. The molecule has 0 unspecified atom stereocenters. The van der Waals surface area contributed by atoms with Gasteiger partial charge in [-0.3, -0.25) is 9.52 Å². The summed E-state index contributed by atoms with van der Waals surface area (Å²) in [6.07, 6.45) is 2.77. The highest BCUT2D eigenvalue weighted by Crippen LogP contribution is 2.26. The van der Waals surface area contributed by atoms with Crippen molar-refractivity contribution in [2.45, 2.75) is 5.16 Å². The molecule has 0 aliphatic carbocycles. The van der Waals surface area contributed by atoms with Gasteiger partial charge in [-0.05, 0) is 36.4 Å². The molecule has 0 spiro atoms. The van der Waals surface area contributed by atoms with Gasteiger partial charge in [0.25, 0.3) is 15.9 Å². The van der Waals surface area contributed by atoms with E-state index in [9.17, 15) is 13.2 Å². The highest BCUT2D eigenvalue weighted by Gasteiger charge is 2.16. The quantitative estimate of drug-likeness (QED) is 0.622. The van der Waals surface area contributed by atoms with Crippen LogP contribution in [-0.4, -0.2) is 24.3 Å². The Hall–Kier alpha value is -3.33. The Kier molecular flexibility index (Phi) is 4.40. The Morgan fingerprint density at radius 3 is 2.48 bits per heavy atom. The number of amides is 1. The second kappa shape index (κ2) is 6.65. The van der Waals surface area contributed by atoms with Gasteiger partial charge in [-0.2, -0.15) is 8.42 Å². The maximum Gasteiger partial charge on any atom is 0.295 e. The first-order valence-electron chi connectivity index (χ1n) is 7.15. The molecule has 8 nitrogen and oxygen atoms in total. The second-order valence-electron chi connectivity index (χ2n) is 4.99. The van der Waals surface area contributed by atoms with Crippen LogP contribution in [0.3, 0.4) is 0 Å². The van der Waals surface area contributed by atoms with Crippen LogP contribution >= 0.6 is 0 Å². The monoisotopic (exact) mass is 358 g/mol. The predicted octanol–water partition coefficient (Wildman–Crippen LogP) is 2.10. The van der Waals surface area contributed by atoms with Crippen LogP contribution < -0.4 is 15.2 Å². The van der Waals surface area contributed by atoms with Gasteiger partial charge in [0, 0.05) is 18.1 Å². The molecule has 128 valence electrons. The number of carbonyl (C=O) groups excluding carboxylic acids is 1. The van der Waals surface area contributed by atoms with E-state index in [0.29, 0.717) is 17.2 Å². The number of imidazole rings is 1. The number of nitrogens with two attached hydrogens (primary N) is 1. The Balaban J connectivity index is 1.76. The summed E-state index contributed by atoms with van der Waals surface area (Å²) in [5.41, 5.74) is 5.90. The predicted molar refractivity (Wildman–Crippen MR) is 90.9 cm³/mol. The average Bonchev–Trinajstić information content (AvgIpc) is 3.12. The van der Waals surface area contributed by atoms with E-state index in [4.69, 9.17) is 10.5 Å². The van der Waals surface area contributed by atoms with Gasteiger partial charge < -0.3 is 15.5 Å². The summed E-state index contributed by atoms with van der Waals surface area (Å²) < 4.78 is 32.2. The van der Waals surface area contributed by atoms with Crippen molar-refractivity contribution in [2.75, 3.05) is 4.72 Å². The Labute approximate surface area is 143 Å². The van der Waals surface area contributed by atoms with Gasteiger partial charge in [0.1, 0.15) is 11.5 Å². The number of primary amides is 1. The molecule has 1 heterocycles. The van der Waals surface area contributed by atoms with Crippen molar-refractivity contribution in [3.05, 3.63) is 66.5 Å². The number of anilines is 1. The third kappa shape index (κ3) is 3.78.